The van der Waals surface area contributed by atoms with Crippen molar-refractivity contribution in [2.45, 2.75) is 13.0 Å². The van der Waals surface area contributed by atoms with Crippen molar-refractivity contribution in [2.24, 2.45) is 10.9 Å². The van der Waals surface area contributed by atoms with E-state index in [2.05, 4.69) is 16.4 Å². The summed E-state index contributed by atoms with van der Waals surface area (Å²) in [6.45, 7) is 3.49. The zero-order valence-electron chi connectivity index (χ0n) is 8.56. The molecule has 0 radical (unpaired) electrons. The van der Waals surface area contributed by atoms with Gasteiger partial charge in [0.15, 0.2) is 5.96 Å². The second kappa shape index (κ2) is 4.82. The molecule has 1 aliphatic heterocycles. The predicted octanol–water partition coefficient (Wildman–Crippen LogP) is -0.602. The SMILES string of the molecule is CC(C#N)CN(C)C1=NCC(O)CN1. The Morgan fingerprint density at radius 1 is 1.86 bits per heavy atom. The second-order valence-electron chi connectivity index (χ2n) is 3.61. The van der Waals surface area contributed by atoms with Crippen molar-refractivity contribution in [1.29, 1.82) is 5.26 Å². The molecule has 1 rings (SSSR count). The number of nitrogens with zero attached hydrogens (tertiary/aromatic N) is 3. The molecule has 2 N–H and O–H groups in total. The van der Waals surface area contributed by atoms with Gasteiger partial charge >= 0.3 is 0 Å². The van der Waals surface area contributed by atoms with Gasteiger partial charge in [-0.15, -0.1) is 0 Å². The monoisotopic (exact) mass is 196 g/mol. The van der Waals surface area contributed by atoms with Crippen LogP contribution in [0.4, 0.5) is 0 Å². The summed E-state index contributed by atoms with van der Waals surface area (Å²) in [5.74, 6) is 0.744. The number of hydrogen-bond acceptors (Lipinski definition) is 5. The van der Waals surface area contributed by atoms with E-state index in [1.807, 2.05) is 18.9 Å². The lowest BCUT2D eigenvalue weighted by Gasteiger charge is -2.27. The number of rotatable bonds is 2. The van der Waals surface area contributed by atoms with E-state index in [9.17, 15) is 5.11 Å². The van der Waals surface area contributed by atoms with Gasteiger partial charge in [0.05, 0.1) is 24.6 Å². The Bertz CT molecular complexity index is 258. The average Bonchev–Trinajstić information content (AvgIpc) is 2.18. The Kier molecular flexibility index (Phi) is 3.72. The fourth-order valence-electron chi connectivity index (χ4n) is 1.32. The highest BCUT2D eigenvalue weighted by Crippen LogP contribution is 1.99. The quantitative estimate of drug-likeness (QED) is 0.618. The molecule has 0 saturated carbocycles. The number of hydrogen-bond donors (Lipinski definition) is 2. The van der Waals surface area contributed by atoms with Crippen molar-refractivity contribution in [1.82, 2.24) is 10.2 Å². The molecule has 1 heterocycles. The molecule has 2 unspecified atom stereocenters. The molecule has 0 amide bonds. The van der Waals surface area contributed by atoms with Crippen LogP contribution in [0.3, 0.4) is 0 Å². The summed E-state index contributed by atoms with van der Waals surface area (Å²) in [4.78, 5) is 6.07. The Labute approximate surface area is 84.0 Å². The lowest BCUT2D eigenvalue weighted by atomic mass is 10.2. The van der Waals surface area contributed by atoms with Crippen LogP contribution < -0.4 is 5.32 Å². The minimum atomic E-state index is -0.388. The number of guanidine groups is 1. The van der Waals surface area contributed by atoms with Crippen LogP contribution in [0.2, 0.25) is 0 Å². The molecule has 78 valence electrons. The fourth-order valence-corrected chi connectivity index (χ4v) is 1.32. The first-order valence-electron chi connectivity index (χ1n) is 4.70. The zero-order valence-corrected chi connectivity index (χ0v) is 8.56. The molecule has 0 aromatic rings. The number of aliphatic hydroxyl groups is 1. The largest absolute Gasteiger partial charge is 0.389 e. The Hall–Kier alpha value is -1.28. The van der Waals surface area contributed by atoms with Crippen molar-refractivity contribution < 1.29 is 5.11 Å². The van der Waals surface area contributed by atoms with Gasteiger partial charge in [-0.1, -0.05) is 0 Å². The summed E-state index contributed by atoms with van der Waals surface area (Å²) in [6.07, 6.45) is -0.388. The molecule has 0 bridgehead atoms. The third-order valence-electron chi connectivity index (χ3n) is 2.08. The summed E-state index contributed by atoms with van der Waals surface area (Å²) in [5.41, 5.74) is 0. The van der Waals surface area contributed by atoms with E-state index in [1.165, 1.54) is 0 Å². The first kappa shape index (κ1) is 10.8. The van der Waals surface area contributed by atoms with Crippen LogP contribution in [0.25, 0.3) is 0 Å². The molecular weight excluding hydrogens is 180 g/mol. The van der Waals surface area contributed by atoms with Gasteiger partial charge in [-0.3, -0.25) is 4.99 Å². The molecule has 0 fully saturated rings. The highest BCUT2D eigenvalue weighted by molar-refractivity contribution is 5.80. The topological polar surface area (TPSA) is 71.7 Å². The van der Waals surface area contributed by atoms with Gasteiger partial charge < -0.3 is 15.3 Å². The maximum Gasteiger partial charge on any atom is 0.193 e. The highest BCUT2D eigenvalue weighted by atomic mass is 16.3. The van der Waals surface area contributed by atoms with Crippen molar-refractivity contribution in [3.63, 3.8) is 0 Å². The minimum absolute atomic E-state index is 0.0173. The Morgan fingerprint density at radius 2 is 2.57 bits per heavy atom. The van der Waals surface area contributed by atoms with Gasteiger partial charge in [0.25, 0.3) is 0 Å². The molecule has 1 aliphatic rings. The maximum atomic E-state index is 9.20. The van der Waals surface area contributed by atoms with Gasteiger partial charge in [-0.05, 0) is 6.92 Å². The minimum Gasteiger partial charge on any atom is -0.389 e. The third kappa shape index (κ3) is 2.89. The molecule has 2 atom stereocenters. The number of nitrogens with one attached hydrogen (secondary N) is 1. The summed E-state index contributed by atoms with van der Waals surface area (Å²) in [5, 5.41) is 20.9. The van der Waals surface area contributed by atoms with Crippen molar-refractivity contribution in [3.8, 4) is 6.07 Å². The van der Waals surface area contributed by atoms with Crippen LogP contribution in [0.15, 0.2) is 4.99 Å². The van der Waals surface area contributed by atoms with Gasteiger partial charge in [0, 0.05) is 20.1 Å². The first-order valence-corrected chi connectivity index (χ1v) is 4.70. The van der Waals surface area contributed by atoms with E-state index in [0.29, 0.717) is 19.6 Å². The normalized spacial score (nSPS) is 23.0. The van der Waals surface area contributed by atoms with Crippen molar-refractivity contribution in [2.75, 3.05) is 26.7 Å². The second-order valence-corrected chi connectivity index (χ2v) is 3.61. The molecule has 14 heavy (non-hydrogen) atoms. The molecule has 0 aromatic heterocycles. The lowest BCUT2D eigenvalue weighted by molar-refractivity contribution is 0.178. The van der Waals surface area contributed by atoms with Crippen molar-refractivity contribution in [3.05, 3.63) is 0 Å². The lowest BCUT2D eigenvalue weighted by Crippen LogP contribution is -2.47. The van der Waals surface area contributed by atoms with Crippen molar-refractivity contribution >= 4 is 5.96 Å². The molecule has 0 spiro atoms. The smallest absolute Gasteiger partial charge is 0.193 e. The predicted molar refractivity (Wildman–Crippen MR) is 53.7 cm³/mol. The molecule has 0 aromatic carbocycles. The third-order valence-corrected chi connectivity index (χ3v) is 2.08. The summed E-state index contributed by atoms with van der Waals surface area (Å²) in [7, 11) is 1.89. The molecule has 5 heteroatoms. The van der Waals surface area contributed by atoms with E-state index in [1.54, 1.807) is 0 Å². The first-order chi connectivity index (χ1) is 6.63. The highest BCUT2D eigenvalue weighted by Gasteiger charge is 2.15. The standard InChI is InChI=1S/C9H16N4O/c1-7(3-10)6-13(2)9-11-4-8(14)5-12-9/h7-8,14H,4-6H2,1-2H3,(H,11,12). The maximum absolute atomic E-state index is 9.20. The molecule has 0 saturated heterocycles. The van der Waals surface area contributed by atoms with E-state index in [4.69, 9.17) is 5.26 Å². The van der Waals surface area contributed by atoms with Gasteiger partial charge in [0.1, 0.15) is 0 Å². The van der Waals surface area contributed by atoms with Gasteiger partial charge in [-0.25, -0.2) is 0 Å². The number of aliphatic hydroxyl groups excluding tert-OH is 1. The molecule has 0 aliphatic carbocycles. The Morgan fingerprint density at radius 3 is 3.07 bits per heavy atom. The molecule has 5 nitrogen and oxygen atoms in total. The fraction of sp³-hybridized carbons (Fsp3) is 0.778. The van der Waals surface area contributed by atoms with Crippen LogP contribution in [0, 0.1) is 17.2 Å². The van der Waals surface area contributed by atoms with E-state index < -0.39 is 0 Å². The summed E-state index contributed by atoms with van der Waals surface area (Å²) >= 11 is 0. The van der Waals surface area contributed by atoms with Crippen LogP contribution in [-0.2, 0) is 0 Å². The number of nitriles is 1. The molecular formula is C9H16N4O. The van der Waals surface area contributed by atoms with Gasteiger partial charge in [-0.2, -0.15) is 5.26 Å². The van der Waals surface area contributed by atoms with E-state index in [0.717, 1.165) is 5.96 Å². The number of β-amino-alcohol motifs (C(OH)–C–C–N with tert-alkyl or cyclic N) is 1. The van der Waals surface area contributed by atoms with Crippen LogP contribution >= 0.6 is 0 Å². The van der Waals surface area contributed by atoms with Crippen LogP contribution in [-0.4, -0.2) is 48.8 Å². The van der Waals surface area contributed by atoms with Crippen LogP contribution in [0.5, 0.6) is 0 Å². The number of aliphatic imine (C=N–C) groups is 1. The van der Waals surface area contributed by atoms with Crippen LogP contribution in [0.1, 0.15) is 6.92 Å². The van der Waals surface area contributed by atoms with Gasteiger partial charge in [0.2, 0.25) is 0 Å². The zero-order chi connectivity index (χ0) is 10.6. The Balaban J connectivity index is 2.45. The summed E-state index contributed by atoms with van der Waals surface area (Å²) < 4.78 is 0. The van der Waals surface area contributed by atoms with E-state index in [-0.39, 0.29) is 12.0 Å². The summed E-state index contributed by atoms with van der Waals surface area (Å²) in [6, 6.07) is 2.17. The van der Waals surface area contributed by atoms with E-state index >= 15 is 0 Å². The average molecular weight is 196 g/mol.